The predicted octanol–water partition coefficient (Wildman–Crippen LogP) is 1.70. The lowest BCUT2D eigenvalue weighted by atomic mass is 9.97. The van der Waals surface area contributed by atoms with E-state index in [-0.39, 0.29) is 13.1 Å². The second-order valence-corrected chi connectivity index (χ2v) is 6.39. The Morgan fingerprint density at radius 3 is 2.50 bits per heavy atom. The van der Waals surface area contributed by atoms with Gasteiger partial charge in [-0.2, -0.15) is 13.2 Å². The van der Waals surface area contributed by atoms with E-state index in [1.807, 2.05) is 0 Å². The number of nitrogens with one attached hydrogen (secondary N) is 1. The van der Waals surface area contributed by atoms with Gasteiger partial charge in [-0.25, -0.2) is 0 Å². The summed E-state index contributed by atoms with van der Waals surface area (Å²) < 4.78 is 39.1. The SMILES string of the molecule is FC(F)(F)C1CNCCN(C2CCN3CCCCC23)C1. The van der Waals surface area contributed by atoms with Crippen molar-refractivity contribution in [2.45, 2.75) is 43.9 Å². The predicted molar refractivity (Wildman–Crippen MR) is 71.6 cm³/mol. The first-order valence-corrected chi connectivity index (χ1v) is 7.81. The molecule has 1 N–H and O–H groups in total. The molecule has 3 saturated heterocycles. The number of nitrogens with zero attached hydrogens (tertiary/aromatic N) is 2. The zero-order chi connectivity index (χ0) is 14.2. The van der Waals surface area contributed by atoms with E-state index in [4.69, 9.17) is 0 Å². The van der Waals surface area contributed by atoms with Crippen LogP contribution in [0.2, 0.25) is 0 Å². The van der Waals surface area contributed by atoms with Gasteiger partial charge in [0.15, 0.2) is 0 Å². The molecule has 0 aromatic rings. The largest absolute Gasteiger partial charge is 0.394 e. The van der Waals surface area contributed by atoms with Crippen molar-refractivity contribution in [1.29, 1.82) is 0 Å². The molecule has 3 fully saturated rings. The Hall–Kier alpha value is -0.330. The molecule has 3 rings (SSSR count). The summed E-state index contributed by atoms with van der Waals surface area (Å²) in [5, 5.41) is 2.95. The summed E-state index contributed by atoms with van der Waals surface area (Å²) >= 11 is 0. The molecule has 0 aromatic heterocycles. The molecular formula is C14H24F3N3. The maximum atomic E-state index is 13.0. The minimum atomic E-state index is -4.08. The number of hydrogen-bond donors (Lipinski definition) is 1. The van der Waals surface area contributed by atoms with Crippen LogP contribution in [-0.4, -0.2) is 67.3 Å². The molecule has 0 amide bonds. The zero-order valence-electron chi connectivity index (χ0n) is 11.8. The molecule has 0 spiro atoms. The van der Waals surface area contributed by atoms with Gasteiger partial charge in [0.05, 0.1) is 5.92 Å². The molecule has 0 aliphatic carbocycles. The van der Waals surface area contributed by atoms with Crippen molar-refractivity contribution in [2.75, 3.05) is 39.3 Å². The third-order valence-electron chi connectivity index (χ3n) is 5.17. The lowest BCUT2D eigenvalue weighted by Gasteiger charge is -2.38. The Balaban J connectivity index is 1.68. The van der Waals surface area contributed by atoms with Gasteiger partial charge in [0.2, 0.25) is 0 Å². The minimum Gasteiger partial charge on any atom is -0.315 e. The molecule has 0 aromatic carbocycles. The molecule has 0 saturated carbocycles. The Morgan fingerprint density at radius 2 is 1.70 bits per heavy atom. The topological polar surface area (TPSA) is 18.5 Å². The fraction of sp³-hybridized carbons (Fsp3) is 1.00. The Bertz CT molecular complexity index is 334. The molecule has 3 heterocycles. The van der Waals surface area contributed by atoms with Gasteiger partial charge in [0.1, 0.15) is 0 Å². The van der Waals surface area contributed by atoms with Gasteiger partial charge in [0, 0.05) is 44.8 Å². The lowest BCUT2D eigenvalue weighted by molar-refractivity contribution is -0.177. The quantitative estimate of drug-likeness (QED) is 0.793. The number of piperidine rings is 1. The van der Waals surface area contributed by atoms with Crippen molar-refractivity contribution in [1.82, 2.24) is 15.1 Å². The molecule has 3 aliphatic rings. The van der Waals surface area contributed by atoms with Crippen molar-refractivity contribution < 1.29 is 13.2 Å². The number of rotatable bonds is 1. The van der Waals surface area contributed by atoms with Crippen LogP contribution >= 0.6 is 0 Å². The van der Waals surface area contributed by atoms with Gasteiger partial charge in [0.25, 0.3) is 0 Å². The standard InChI is InChI=1S/C14H24F3N3/c15-14(16,17)11-9-18-5-8-20(10-11)13-4-7-19-6-2-1-3-12(13)19/h11-13,18H,1-10H2. The van der Waals surface area contributed by atoms with Crippen LogP contribution in [0.1, 0.15) is 25.7 Å². The first kappa shape index (κ1) is 14.6. The van der Waals surface area contributed by atoms with E-state index in [1.54, 1.807) is 0 Å². The first-order chi connectivity index (χ1) is 9.55. The summed E-state index contributed by atoms with van der Waals surface area (Å²) in [6.45, 7) is 3.87. The van der Waals surface area contributed by atoms with E-state index in [2.05, 4.69) is 15.1 Å². The highest BCUT2D eigenvalue weighted by Gasteiger charge is 2.45. The summed E-state index contributed by atoms with van der Waals surface area (Å²) in [4.78, 5) is 4.61. The average molecular weight is 291 g/mol. The number of halogens is 3. The van der Waals surface area contributed by atoms with E-state index >= 15 is 0 Å². The third kappa shape index (κ3) is 2.97. The Morgan fingerprint density at radius 1 is 0.900 bits per heavy atom. The van der Waals surface area contributed by atoms with Crippen LogP contribution in [-0.2, 0) is 0 Å². The van der Waals surface area contributed by atoms with E-state index in [0.717, 1.165) is 32.5 Å². The smallest absolute Gasteiger partial charge is 0.315 e. The average Bonchev–Trinajstić information content (AvgIpc) is 2.66. The second-order valence-electron chi connectivity index (χ2n) is 6.39. The molecule has 3 unspecified atom stereocenters. The zero-order valence-corrected chi connectivity index (χ0v) is 11.8. The van der Waals surface area contributed by atoms with E-state index in [0.29, 0.717) is 18.6 Å². The summed E-state index contributed by atoms with van der Waals surface area (Å²) in [7, 11) is 0. The molecule has 0 radical (unpaired) electrons. The highest BCUT2D eigenvalue weighted by atomic mass is 19.4. The highest BCUT2D eigenvalue weighted by Crippen LogP contribution is 2.33. The fourth-order valence-corrected chi connectivity index (χ4v) is 4.10. The first-order valence-electron chi connectivity index (χ1n) is 7.81. The van der Waals surface area contributed by atoms with Crippen molar-refractivity contribution in [3.05, 3.63) is 0 Å². The number of fused-ring (bicyclic) bond motifs is 1. The van der Waals surface area contributed by atoms with Crippen molar-refractivity contribution >= 4 is 0 Å². The molecular weight excluding hydrogens is 267 g/mol. The van der Waals surface area contributed by atoms with Gasteiger partial charge in [-0.3, -0.25) is 9.80 Å². The van der Waals surface area contributed by atoms with Crippen molar-refractivity contribution in [3.8, 4) is 0 Å². The second kappa shape index (κ2) is 5.81. The van der Waals surface area contributed by atoms with Gasteiger partial charge in [-0.1, -0.05) is 6.42 Å². The fourth-order valence-electron chi connectivity index (χ4n) is 4.10. The van der Waals surface area contributed by atoms with Crippen LogP contribution in [0.5, 0.6) is 0 Å². The van der Waals surface area contributed by atoms with E-state index in [1.165, 1.54) is 12.8 Å². The highest BCUT2D eigenvalue weighted by molar-refractivity contribution is 4.97. The van der Waals surface area contributed by atoms with E-state index in [9.17, 15) is 13.2 Å². The van der Waals surface area contributed by atoms with Gasteiger partial charge >= 0.3 is 6.18 Å². The summed E-state index contributed by atoms with van der Waals surface area (Å²) in [5.74, 6) is -1.22. The summed E-state index contributed by atoms with van der Waals surface area (Å²) in [6, 6.07) is 0.829. The van der Waals surface area contributed by atoms with Crippen molar-refractivity contribution in [3.63, 3.8) is 0 Å². The molecule has 6 heteroatoms. The van der Waals surface area contributed by atoms with Crippen LogP contribution in [0.3, 0.4) is 0 Å². The van der Waals surface area contributed by atoms with E-state index < -0.39 is 12.1 Å². The Kier molecular flexibility index (Phi) is 4.24. The number of hydrogen-bond acceptors (Lipinski definition) is 3. The van der Waals surface area contributed by atoms with Crippen LogP contribution < -0.4 is 5.32 Å². The van der Waals surface area contributed by atoms with Crippen LogP contribution in [0.4, 0.5) is 13.2 Å². The van der Waals surface area contributed by atoms with Crippen LogP contribution in [0.15, 0.2) is 0 Å². The molecule has 116 valence electrons. The summed E-state index contributed by atoms with van der Waals surface area (Å²) in [5.41, 5.74) is 0. The van der Waals surface area contributed by atoms with Gasteiger partial charge in [-0.15, -0.1) is 0 Å². The Labute approximate surface area is 118 Å². The monoisotopic (exact) mass is 291 g/mol. The maximum absolute atomic E-state index is 13.0. The summed E-state index contributed by atoms with van der Waals surface area (Å²) in [6.07, 6.45) is 0.587. The van der Waals surface area contributed by atoms with Gasteiger partial charge < -0.3 is 5.32 Å². The number of alkyl halides is 3. The normalized spacial score (nSPS) is 37.6. The third-order valence-corrected chi connectivity index (χ3v) is 5.17. The lowest BCUT2D eigenvalue weighted by Crippen LogP contribution is -2.49. The maximum Gasteiger partial charge on any atom is 0.394 e. The molecule has 3 nitrogen and oxygen atoms in total. The van der Waals surface area contributed by atoms with Crippen LogP contribution in [0.25, 0.3) is 0 Å². The molecule has 3 aliphatic heterocycles. The molecule has 0 bridgehead atoms. The molecule has 3 atom stereocenters. The van der Waals surface area contributed by atoms with Crippen LogP contribution in [0, 0.1) is 5.92 Å². The molecule has 20 heavy (non-hydrogen) atoms. The van der Waals surface area contributed by atoms with Crippen molar-refractivity contribution in [2.24, 2.45) is 5.92 Å². The minimum absolute atomic E-state index is 0.0705. The van der Waals surface area contributed by atoms with Gasteiger partial charge in [-0.05, 0) is 25.8 Å².